The van der Waals surface area contributed by atoms with Gasteiger partial charge in [0.1, 0.15) is 24.2 Å². The minimum absolute atomic E-state index is 0.269. The Bertz CT molecular complexity index is 937. The maximum absolute atomic E-state index is 12.4. The molecule has 0 bridgehead atoms. The highest BCUT2D eigenvalue weighted by Crippen LogP contribution is 2.16. The van der Waals surface area contributed by atoms with Crippen molar-refractivity contribution in [2.24, 2.45) is 0 Å². The van der Waals surface area contributed by atoms with Gasteiger partial charge >= 0.3 is 0 Å². The van der Waals surface area contributed by atoms with Crippen molar-refractivity contribution >= 4 is 23.2 Å². The lowest BCUT2D eigenvalue weighted by atomic mass is 10.2. The number of aromatic nitrogens is 1. The molecule has 2 N–H and O–H groups in total. The second-order valence-electron chi connectivity index (χ2n) is 6.17. The smallest absolute Gasteiger partial charge is 0.252 e. The lowest BCUT2D eigenvalue weighted by molar-refractivity contribution is -0.122. The third kappa shape index (κ3) is 5.43. The van der Waals surface area contributed by atoms with E-state index in [0.29, 0.717) is 23.7 Å². The van der Waals surface area contributed by atoms with Gasteiger partial charge < -0.3 is 19.8 Å². The number of hydrogen-bond acceptors (Lipinski definition) is 6. The van der Waals surface area contributed by atoms with Gasteiger partial charge in [-0.15, -0.1) is 11.3 Å². The maximum Gasteiger partial charge on any atom is 0.252 e. The fraction of sp³-hybridized carbons (Fsp3) is 0.250. The molecular formula is C20H21N3O4S. The zero-order valence-electron chi connectivity index (χ0n) is 15.6. The first-order chi connectivity index (χ1) is 13.5. The zero-order valence-corrected chi connectivity index (χ0v) is 16.4. The van der Waals surface area contributed by atoms with Gasteiger partial charge in [-0.05, 0) is 44.2 Å². The molecule has 0 aliphatic heterocycles. The molecule has 0 saturated heterocycles. The van der Waals surface area contributed by atoms with Gasteiger partial charge in [-0.1, -0.05) is 6.07 Å². The van der Waals surface area contributed by atoms with Gasteiger partial charge in [0.25, 0.3) is 5.91 Å². The van der Waals surface area contributed by atoms with Crippen LogP contribution in [0.15, 0.2) is 52.5 Å². The summed E-state index contributed by atoms with van der Waals surface area (Å²) < 4.78 is 10.9. The summed E-state index contributed by atoms with van der Waals surface area (Å²) in [4.78, 5) is 28.9. The number of rotatable bonds is 8. The zero-order chi connectivity index (χ0) is 19.9. The Morgan fingerprint density at radius 3 is 2.86 bits per heavy atom. The van der Waals surface area contributed by atoms with E-state index < -0.39 is 6.04 Å². The second kappa shape index (κ2) is 9.18. The molecule has 0 fully saturated rings. The molecule has 1 aromatic carbocycles. The molecule has 3 rings (SSSR count). The first-order valence-electron chi connectivity index (χ1n) is 8.76. The van der Waals surface area contributed by atoms with Crippen molar-refractivity contribution in [3.05, 3.63) is 70.1 Å². The number of nitrogens with one attached hydrogen (secondary N) is 2. The molecule has 28 heavy (non-hydrogen) atoms. The maximum atomic E-state index is 12.4. The summed E-state index contributed by atoms with van der Waals surface area (Å²) in [5.74, 6) is 0.562. The normalized spacial score (nSPS) is 11.6. The third-order valence-corrected chi connectivity index (χ3v) is 4.73. The van der Waals surface area contributed by atoms with Crippen molar-refractivity contribution in [3.8, 4) is 5.75 Å². The summed E-state index contributed by atoms with van der Waals surface area (Å²) in [5.41, 5.74) is 1.26. The van der Waals surface area contributed by atoms with Crippen LogP contribution in [-0.4, -0.2) is 22.8 Å². The average molecular weight is 399 g/mol. The minimum atomic E-state index is -0.690. The molecule has 2 amide bonds. The van der Waals surface area contributed by atoms with Gasteiger partial charge in [0.2, 0.25) is 5.91 Å². The van der Waals surface area contributed by atoms with Gasteiger partial charge in [-0.25, -0.2) is 4.98 Å². The summed E-state index contributed by atoms with van der Waals surface area (Å²) in [7, 11) is 0. The van der Waals surface area contributed by atoms with Crippen LogP contribution in [0.5, 0.6) is 5.75 Å². The average Bonchev–Trinajstić information content (AvgIpc) is 3.36. The third-order valence-electron chi connectivity index (χ3n) is 3.91. The molecule has 3 aromatic rings. The van der Waals surface area contributed by atoms with E-state index in [1.54, 1.807) is 54.7 Å². The predicted molar refractivity (Wildman–Crippen MR) is 105 cm³/mol. The van der Waals surface area contributed by atoms with Crippen LogP contribution in [0.2, 0.25) is 0 Å². The van der Waals surface area contributed by atoms with Crippen LogP contribution < -0.4 is 15.4 Å². The molecule has 8 heteroatoms. The Hall–Kier alpha value is -3.13. The van der Waals surface area contributed by atoms with Crippen LogP contribution in [-0.2, 0) is 17.9 Å². The molecule has 0 radical (unpaired) electrons. The molecule has 0 aliphatic carbocycles. The Balaban J connectivity index is 1.52. The molecular weight excluding hydrogens is 378 g/mol. The number of nitrogens with zero attached hydrogens (tertiary/aromatic N) is 1. The Labute approximate surface area is 166 Å². The standard InChI is InChI=1S/C20H21N3O4S/c1-13(19(24)21-10-18-7-4-8-26-18)22-20(25)15-5-3-6-17(9-15)27-11-16-12-28-14(2)23-16/h3-9,12-13H,10-11H2,1-2H3,(H,21,24)(H,22,25). The number of amides is 2. The van der Waals surface area contributed by atoms with Crippen molar-refractivity contribution in [2.75, 3.05) is 0 Å². The lowest BCUT2D eigenvalue weighted by Crippen LogP contribution is -2.44. The summed E-state index contributed by atoms with van der Waals surface area (Å²) in [5, 5.41) is 8.32. The highest BCUT2D eigenvalue weighted by Gasteiger charge is 2.17. The van der Waals surface area contributed by atoms with Crippen LogP contribution in [0.25, 0.3) is 0 Å². The molecule has 7 nitrogen and oxygen atoms in total. The largest absolute Gasteiger partial charge is 0.487 e. The first kappa shape index (κ1) is 19.6. The second-order valence-corrected chi connectivity index (χ2v) is 7.23. The molecule has 1 atom stereocenters. The summed E-state index contributed by atoms with van der Waals surface area (Å²) in [6, 6.07) is 9.64. The van der Waals surface area contributed by atoms with Gasteiger partial charge in [0.15, 0.2) is 0 Å². The molecule has 146 valence electrons. The highest BCUT2D eigenvalue weighted by molar-refractivity contribution is 7.09. The van der Waals surface area contributed by atoms with Crippen LogP contribution in [0.1, 0.15) is 33.7 Å². The fourth-order valence-corrected chi connectivity index (χ4v) is 3.04. The quantitative estimate of drug-likeness (QED) is 0.607. The van der Waals surface area contributed by atoms with Crippen molar-refractivity contribution in [2.45, 2.75) is 33.0 Å². The van der Waals surface area contributed by atoms with E-state index in [1.165, 1.54) is 6.26 Å². The molecule has 2 heterocycles. The van der Waals surface area contributed by atoms with Crippen LogP contribution in [0.4, 0.5) is 0 Å². The topological polar surface area (TPSA) is 93.5 Å². The number of aryl methyl sites for hydroxylation is 1. The van der Waals surface area contributed by atoms with Crippen LogP contribution in [0.3, 0.4) is 0 Å². The van der Waals surface area contributed by atoms with E-state index in [1.807, 2.05) is 12.3 Å². The van der Waals surface area contributed by atoms with E-state index in [-0.39, 0.29) is 18.4 Å². The first-order valence-corrected chi connectivity index (χ1v) is 9.64. The summed E-state index contributed by atoms with van der Waals surface area (Å²) in [6.45, 7) is 4.16. The predicted octanol–water partition coefficient (Wildman–Crippen LogP) is 3.06. The number of carbonyl (C=O) groups excluding carboxylic acids is 2. The number of ether oxygens (including phenoxy) is 1. The number of carbonyl (C=O) groups is 2. The van der Waals surface area contributed by atoms with Gasteiger partial charge in [0, 0.05) is 10.9 Å². The SMILES string of the molecule is Cc1nc(COc2cccc(C(=O)NC(C)C(=O)NCc3ccco3)c2)cs1. The lowest BCUT2D eigenvalue weighted by Gasteiger charge is -2.14. The van der Waals surface area contributed by atoms with Gasteiger partial charge in [-0.3, -0.25) is 9.59 Å². The fourth-order valence-electron chi connectivity index (χ4n) is 2.44. The van der Waals surface area contributed by atoms with Gasteiger partial charge in [0.05, 0.1) is 23.5 Å². The number of hydrogen-bond donors (Lipinski definition) is 2. The highest BCUT2D eigenvalue weighted by atomic mass is 32.1. The Morgan fingerprint density at radius 1 is 1.29 bits per heavy atom. The number of furan rings is 1. The summed E-state index contributed by atoms with van der Waals surface area (Å²) >= 11 is 1.56. The van der Waals surface area contributed by atoms with Crippen molar-refractivity contribution in [1.29, 1.82) is 0 Å². The van der Waals surface area contributed by atoms with Crippen molar-refractivity contribution in [1.82, 2.24) is 15.6 Å². The molecule has 0 saturated carbocycles. The van der Waals surface area contributed by atoms with E-state index in [4.69, 9.17) is 9.15 Å². The van der Waals surface area contributed by atoms with E-state index in [0.717, 1.165) is 10.7 Å². The van der Waals surface area contributed by atoms with E-state index >= 15 is 0 Å². The van der Waals surface area contributed by atoms with Gasteiger partial charge in [-0.2, -0.15) is 0 Å². The number of thiazole rings is 1. The van der Waals surface area contributed by atoms with E-state index in [2.05, 4.69) is 15.6 Å². The summed E-state index contributed by atoms with van der Waals surface area (Å²) in [6.07, 6.45) is 1.54. The van der Waals surface area contributed by atoms with E-state index in [9.17, 15) is 9.59 Å². The Kier molecular flexibility index (Phi) is 6.44. The van der Waals surface area contributed by atoms with Crippen molar-refractivity contribution in [3.63, 3.8) is 0 Å². The number of benzene rings is 1. The molecule has 1 unspecified atom stereocenters. The van der Waals surface area contributed by atoms with Crippen LogP contribution in [0, 0.1) is 6.92 Å². The Morgan fingerprint density at radius 2 is 2.14 bits per heavy atom. The monoisotopic (exact) mass is 399 g/mol. The molecule has 0 spiro atoms. The minimum Gasteiger partial charge on any atom is -0.487 e. The van der Waals surface area contributed by atoms with Crippen LogP contribution >= 0.6 is 11.3 Å². The van der Waals surface area contributed by atoms with Crippen molar-refractivity contribution < 1.29 is 18.7 Å². The molecule has 2 aromatic heterocycles. The molecule has 0 aliphatic rings.